The van der Waals surface area contributed by atoms with E-state index in [4.69, 9.17) is 9.47 Å². The molecule has 0 saturated carbocycles. The molecule has 1 heterocycles. The van der Waals surface area contributed by atoms with Gasteiger partial charge in [-0.3, -0.25) is 4.79 Å². The monoisotopic (exact) mass is 516 g/mol. The molecule has 0 bridgehead atoms. The molecule has 0 fully saturated rings. The number of carbonyl (C=O) groups excluding carboxylic acids is 1. The number of carbonyl (C=O) groups is 1. The van der Waals surface area contributed by atoms with Crippen LogP contribution >= 0.6 is 0 Å². The van der Waals surface area contributed by atoms with Crippen molar-refractivity contribution in [2.24, 2.45) is 0 Å². The van der Waals surface area contributed by atoms with Gasteiger partial charge in [0.25, 0.3) is 0 Å². The quantitative estimate of drug-likeness (QED) is 0.317. The van der Waals surface area contributed by atoms with Gasteiger partial charge in [-0.2, -0.15) is 0 Å². The highest BCUT2D eigenvalue weighted by atomic mass is 16.5. The molecule has 0 radical (unpaired) electrons. The van der Waals surface area contributed by atoms with Gasteiger partial charge in [0.15, 0.2) is 6.29 Å². The predicted molar refractivity (Wildman–Crippen MR) is 155 cm³/mol. The van der Waals surface area contributed by atoms with Gasteiger partial charge >= 0.3 is 0 Å². The number of rotatable bonds is 5. The van der Waals surface area contributed by atoms with Crippen LogP contribution in [0.4, 0.5) is 0 Å². The standard InChI is InChI=1S/C33H44N2O3/c1-30(2,3)21-13-22(31(4,5)6)16-25(15-21)37-28-27(19-36)29(35-20-34-28)38-26-17-23(32(7,8)9)14-24(18-26)33(10,11)12/h13-20H,1-12H3. The van der Waals surface area contributed by atoms with E-state index in [2.05, 4.69) is 105 Å². The van der Waals surface area contributed by atoms with Crippen molar-refractivity contribution in [3.8, 4) is 23.3 Å². The third kappa shape index (κ3) is 7.00. The Kier molecular flexibility index (Phi) is 7.85. The van der Waals surface area contributed by atoms with E-state index in [0.717, 1.165) is 22.3 Å². The Bertz CT molecular complexity index is 1150. The van der Waals surface area contributed by atoms with Crippen LogP contribution in [0.25, 0.3) is 0 Å². The molecule has 38 heavy (non-hydrogen) atoms. The summed E-state index contributed by atoms with van der Waals surface area (Å²) in [7, 11) is 0. The molecule has 0 aliphatic carbocycles. The maximum atomic E-state index is 12.3. The SMILES string of the molecule is CC(C)(C)c1cc(Oc2ncnc(Oc3cc(C(C)(C)C)cc(C(C)(C)C)c3)c2C=O)cc(C(C)(C)C)c1. The van der Waals surface area contributed by atoms with Crippen LogP contribution in [-0.2, 0) is 21.7 Å². The van der Waals surface area contributed by atoms with Crippen LogP contribution in [0.5, 0.6) is 23.3 Å². The second kappa shape index (κ2) is 10.2. The first-order valence-corrected chi connectivity index (χ1v) is 13.3. The predicted octanol–water partition coefficient (Wildman–Crippen LogP) is 9.06. The van der Waals surface area contributed by atoms with E-state index in [0.29, 0.717) is 17.8 Å². The number of aldehydes is 1. The molecular weight excluding hydrogens is 472 g/mol. The zero-order chi connectivity index (χ0) is 28.7. The topological polar surface area (TPSA) is 61.3 Å². The minimum atomic E-state index is -0.0738. The molecule has 3 rings (SSSR count). The Balaban J connectivity index is 2.07. The molecule has 3 aromatic rings. The third-order valence-electron chi connectivity index (χ3n) is 6.63. The molecule has 0 unspecified atom stereocenters. The summed E-state index contributed by atoms with van der Waals surface area (Å²) < 4.78 is 12.5. The van der Waals surface area contributed by atoms with Gasteiger partial charge in [-0.05, 0) is 68.2 Å². The fourth-order valence-corrected chi connectivity index (χ4v) is 3.90. The Morgan fingerprint density at radius 3 is 1.05 bits per heavy atom. The van der Waals surface area contributed by atoms with E-state index < -0.39 is 0 Å². The minimum absolute atomic E-state index is 0.0738. The summed E-state index contributed by atoms with van der Waals surface area (Å²) in [6.07, 6.45) is 2.06. The van der Waals surface area contributed by atoms with E-state index in [-0.39, 0.29) is 39.0 Å². The lowest BCUT2D eigenvalue weighted by Crippen LogP contribution is -2.16. The molecule has 5 heteroatoms. The van der Waals surface area contributed by atoms with Crippen LogP contribution < -0.4 is 9.47 Å². The van der Waals surface area contributed by atoms with Crippen LogP contribution in [0.3, 0.4) is 0 Å². The summed E-state index contributed by atoms with van der Waals surface area (Å²) in [6, 6.07) is 12.5. The van der Waals surface area contributed by atoms with Gasteiger partial charge in [0, 0.05) is 0 Å². The largest absolute Gasteiger partial charge is 0.438 e. The Morgan fingerprint density at radius 2 is 0.816 bits per heavy atom. The van der Waals surface area contributed by atoms with Crippen molar-refractivity contribution < 1.29 is 14.3 Å². The summed E-state index contributed by atoms with van der Waals surface area (Å²) in [5.41, 5.74) is 4.46. The first-order valence-electron chi connectivity index (χ1n) is 13.3. The van der Waals surface area contributed by atoms with Crippen LogP contribution in [0, 0.1) is 0 Å². The average Bonchev–Trinajstić information content (AvgIpc) is 2.76. The van der Waals surface area contributed by atoms with Crippen LogP contribution in [0.2, 0.25) is 0 Å². The van der Waals surface area contributed by atoms with Crippen molar-refractivity contribution >= 4 is 6.29 Å². The Hall–Kier alpha value is -3.21. The van der Waals surface area contributed by atoms with E-state index in [1.165, 1.54) is 6.33 Å². The lowest BCUT2D eigenvalue weighted by molar-refractivity contribution is 0.111. The highest BCUT2D eigenvalue weighted by Crippen LogP contribution is 2.38. The maximum absolute atomic E-state index is 12.3. The zero-order valence-corrected chi connectivity index (χ0v) is 25.2. The molecule has 0 aliphatic rings. The number of ether oxygens (including phenoxy) is 2. The first-order chi connectivity index (χ1) is 17.3. The smallest absolute Gasteiger partial charge is 0.236 e. The average molecular weight is 517 g/mol. The van der Waals surface area contributed by atoms with Gasteiger partial charge in [0.1, 0.15) is 23.4 Å². The molecule has 2 aromatic carbocycles. The normalized spacial score (nSPS) is 12.8. The van der Waals surface area contributed by atoms with Crippen molar-refractivity contribution in [1.82, 2.24) is 9.97 Å². The fourth-order valence-electron chi connectivity index (χ4n) is 3.90. The van der Waals surface area contributed by atoms with E-state index >= 15 is 0 Å². The highest BCUT2D eigenvalue weighted by molar-refractivity contribution is 5.81. The van der Waals surface area contributed by atoms with Crippen molar-refractivity contribution in [2.45, 2.75) is 105 Å². The van der Waals surface area contributed by atoms with E-state index in [1.807, 2.05) is 24.3 Å². The van der Waals surface area contributed by atoms with Crippen molar-refractivity contribution in [3.05, 3.63) is 70.5 Å². The molecule has 0 amide bonds. The summed E-state index contributed by atoms with van der Waals surface area (Å²) in [5.74, 6) is 1.58. The van der Waals surface area contributed by atoms with Crippen LogP contribution in [-0.4, -0.2) is 16.3 Å². The van der Waals surface area contributed by atoms with Gasteiger partial charge in [0.2, 0.25) is 11.8 Å². The van der Waals surface area contributed by atoms with Gasteiger partial charge in [0.05, 0.1) is 0 Å². The molecule has 0 saturated heterocycles. The van der Waals surface area contributed by atoms with E-state index in [9.17, 15) is 4.79 Å². The molecule has 204 valence electrons. The fraction of sp³-hybridized carbons (Fsp3) is 0.485. The Labute approximate surface area is 229 Å². The first kappa shape index (κ1) is 29.3. The zero-order valence-electron chi connectivity index (χ0n) is 25.2. The molecule has 0 atom stereocenters. The van der Waals surface area contributed by atoms with E-state index in [1.54, 1.807) is 0 Å². The molecular formula is C33H44N2O3. The second-order valence-corrected chi connectivity index (χ2v) is 14.2. The summed E-state index contributed by atoms with van der Waals surface area (Å²) in [6.45, 7) is 26.0. The van der Waals surface area contributed by atoms with Gasteiger partial charge < -0.3 is 9.47 Å². The number of aromatic nitrogens is 2. The summed E-state index contributed by atoms with van der Waals surface area (Å²) in [5, 5.41) is 0. The van der Waals surface area contributed by atoms with Crippen molar-refractivity contribution in [1.29, 1.82) is 0 Å². The number of nitrogens with zero attached hydrogens (tertiary/aromatic N) is 2. The molecule has 5 nitrogen and oxygen atoms in total. The Morgan fingerprint density at radius 1 is 0.526 bits per heavy atom. The maximum Gasteiger partial charge on any atom is 0.236 e. The lowest BCUT2D eigenvalue weighted by Gasteiger charge is -2.26. The summed E-state index contributed by atoms with van der Waals surface area (Å²) in [4.78, 5) is 20.9. The van der Waals surface area contributed by atoms with Gasteiger partial charge in [-0.25, -0.2) is 9.97 Å². The number of benzene rings is 2. The van der Waals surface area contributed by atoms with Gasteiger partial charge in [-0.15, -0.1) is 0 Å². The van der Waals surface area contributed by atoms with Crippen LogP contribution in [0.1, 0.15) is 116 Å². The number of hydrogen-bond acceptors (Lipinski definition) is 5. The van der Waals surface area contributed by atoms with Gasteiger partial charge in [-0.1, -0.05) is 95.2 Å². The molecule has 0 aliphatic heterocycles. The summed E-state index contributed by atoms with van der Waals surface area (Å²) >= 11 is 0. The van der Waals surface area contributed by atoms with Crippen molar-refractivity contribution in [2.75, 3.05) is 0 Å². The molecule has 0 N–H and O–H groups in total. The highest BCUT2D eigenvalue weighted by Gasteiger charge is 2.24. The third-order valence-corrected chi connectivity index (χ3v) is 6.63. The molecule has 1 aromatic heterocycles. The van der Waals surface area contributed by atoms with Crippen molar-refractivity contribution in [3.63, 3.8) is 0 Å². The number of hydrogen-bond donors (Lipinski definition) is 0. The second-order valence-electron chi connectivity index (χ2n) is 14.2. The molecule has 0 spiro atoms. The van der Waals surface area contributed by atoms with Crippen LogP contribution in [0.15, 0.2) is 42.7 Å². The minimum Gasteiger partial charge on any atom is -0.438 e. The lowest BCUT2D eigenvalue weighted by atomic mass is 9.80.